The van der Waals surface area contributed by atoms with Crippen molar-refractivity contribution in [2.24, 2.45) is 0 Å². The Morgan fingerprint density at radius 1 is 1.29 bits per heavy atom. The number of alkyl halides is 3. The first-order chi connectivity index (χ1) is 11.3. The summed E-state index contributed by atoms with van der Waals surface area (Å²) in [6.45, 7) is 0.396. The smallest absolute Gasteiger partial charge is 0.336 e. The fourth-order valence-corrected chi connectivity index (χ4v) is 2.81. The third kappa shape index (κ3) is 2.91. The summed E-state index contributed by atoms with van der Waals surface area (Å²) < 4.78 is 37.5. The maximum Gasteiger partial charge on any atom is 0.433 e. The lowest BCUT2D eigenvalue weighted by Crippen LogP contribution is -2.42. The minimum atomic E-state index is -4.57. The van der Waals surface area contributed by atoms with Gasteiger partial charge in [0.15, 0.2) is 0 Å². The molecule has 0 radical (unpaired) electrons. The molecule has 1 aromatic rings. The Morgan fingerprint density at radius 3 is 2.58 bits per heavy atom. The molecule has 0 aromatic carbocycles. The molecule has 2 aliphatic heterocycles. The van der Waals surface area contributed by atoms with Gasteiger partial charge in [-0.2, -0.15) is 13.2 Å². The largest absolute Gasteiger partial charge is 0.433 e. The maximum atomic E-state index is 12.5. The summed E-state index contributed by atoms with van der Waals surface area (Å²) in [7, 11) is 0. The van der Waals surface area contributed by atoms with Crippen LogP contribution in [-0.4, -0.2) is 58.3 Å². The number of urea groups is 1. The van der Waals surface area contributed by atoms with E-state index in [1.165, 1.54) is 4.90 Å². The van der Waals surface area contributed by atoms with Crippen LogP contribution in [0, 0.1) is 0 Å². The van der Waals surface area contributed by atoms with Crippen LogP contribution < -0.4 is 5.32 Å². The summed E-state index contributed by atoms with van der Waals surface area (Å²) in [5.74, 6) is -0.832. The van der Waals surface area contributed by atoms with Gasteiger partial charge in [0.2, 0.25) is 5.91 Å². The van der Waals surface area contributed by atoms with Gasteiger partial charge in [0, 0.05) is 19.3 Å². The monoisotopic (exact) mass is 342 g/mol. The van der Waals surface area contributed by atoms with Gasteiger partial charge in [-0.05, 0) is 18.6 Å². The zero-order chi connectivity index (χ0) is 17.5. The average Bonchev–Trinajstić information content (AvgIpc) is 3.13. The van der Waals surface area contributed by atoms with Gasteiger partial charge in [-0.1, -0.05) is 0 Å². The topological polar surface area (TPSA) is 82.6 Å². The highest BCUT2D eigenvalue weighted by Gasteiger charge is 2.40. The summed E-state index contributed by atoms with van der Waals surface area (Å²) >= 11 is 0. The third-order valence-corrected chi connectivity index (χ3v) is 3.99. The quantitative estimate of drug-likeness (QED) is 0.809. The van der Waals surface area contributed by atoms with E-state index in [0.29, 0.717) is 13.0 Å². The standard InChI is InChI=1S/C14H13F3N4O3/c15-14(16,17)10-2-1-8(5-18-10)12(23)20-4-3-9(7-20)21-11(22)6-19-13(21)24/h1-2,5,9H,3-4,6-7H2,(H,19,24)/t9-/m0/s1. The minimum absolute atomic E-state index is 0.0286. The first-order valence-corrected chi connectivity index (χ1v) is 7.20. The van der Waals surface area contributed by atoms with Gasteiger partial charge in [-0.25, -0.2) is 4.79 Å². The molecule has 0 aliphatic carbocycles. The first kappa shape index (κ1) is 16.2. The Hall–Kier alpha value is -2.65. The molecule has 0 spiro atoms. The van der Waals surface area contributed by atoms with Crippen molar-refractivity contribution >= 4 is 17.8 Å². The molecule has 3 heterocycles. The van der Waals surface area contributed by atoms with E-state index >= 15 is 0 Å². The number of pyridine rings is 1. The second-order valence-electron chi connectivity index (χ2n) is 5.55. The van der Waals surface area contributed by atoms with E-state index in [0.717, 1.165) is 23.2 Å². The molecule has 1 N–H and O–H groups in total. The van der Waals surface area contributed by atoms with Crippen molar-refractivity contribution in [2.45, 2.75) is 18.6 Å². The molecule has 0 saturated carbocycles. The third-order valence-electron chi connectivity index (χ3n) is 3.99. The molecule has 3 rings (SSSR count). The molecule has 0 unspecified atom stereocenters. The Balaban J connectivity index is 1.68. The van der Waals surface area contributed by atoms with E-state index in [4.69, 9.17) is 0 Å². The number of carbonyl (C=O) groups is 3. The van der Waals surface area contributed by atoms with Crippen molar-refractivity contribution in [2.75, 3.05) is 19.6 Å². The van der Waals surface area contributed by atoms with Crippen LogP contribution in [0.15, 0.2) is 18.3 Å². The fraction of sp³-hybridized carbons (Fsp3) is 0.429. The van der Waals surface area contributed by atoms with Crippen molar-refractivity contribution in [3.05, 3.63) is 29.6 Å². The van der Waals surface area contributed by atoms with Crippen LogP contribution in [0.2, 0.25) is 0 Å². The number of rotatable bonds is 2. The molecule has 2 saturated heterocycles. The number of hydrogen-bond acceptors (Lipinski definition) is 4. The number of halogens is 3. The lowest BCUT2D eigenvalue weighted by atomic mass is 10.2. The van der Waals surface area contributed by atoms with Gasteiger partial charge >= 0.3 is 12.2 Å². The highest BCUT2D eigenvalue weighted by Crippen LogP contribution is 2.27. The molecule has 10 heteroatoms. The molecular formula is C14H13F3N4O3. The molecule has 4 amide bonds. The van der Waals surface area contributed by atoms with Crippen LogP contribution in [0.3, 0.4) is 0 Å². The second-order valence-corrected chi connectivity index (χ2v) is 5.55. The van der Waals surface area contributed by atoms with Gasteiger partial charge in [0.25, 0.3) is 5.91 Å². The number of nitrogens with one attached hydrogen (secondary N) is 1. The van der Waals surface area contributed by atoms with Gasteiger partial charge < -0.3 is 10.2 Å². The lowest BCUT2D eigenvalue weighted by Gasteiger charge is -2.21. The van der Waals surface area contributed by atoms with Gasteiger partial charge in [-0.3, -0.25) is 19.5 Å². The zero-order valence-electron chi connectivity index (χ0n) is 12.3. The van der Waals surface area contributed by atoms with Crippen molar-refractivity contribution in [1.29, 1.82) is 0 Å². The predicted octanol–water partition coefficient (Wildman–Crippen LogP) is 0.867. The summed E-state index contributed by atoms with van der Waals surface area (Å²) in [4.78, 5) is 41.4. The molecule has 7 nitrogen and oxygen atoms in total. The molecule has 1 aromatic heterocycles. The Kier molecular flexibility index (Phi) is 3.90. The van der Waals surface area contributed by atoms with Crippen LogP contribution >= 0.6 is 0 Å². The van der Waals surface area contributed by atoms with Crippen LogP contribution in [-0.2, 0) is 11.0 Å². The molecule has 0 bridgehead atoms. The highest BCUT2D eigenvalue weighted by atomic mass is 19.4. The predicted molar refractivity (Wildman–Crippen MR) is 73.8 cm³/mol. The summed E-state index contributed by atoms with van der Waals surface area (Å²) in [6, 6.07) is 0.902. The average molecular weight is 342 g/mol. The van der Waals surface area contributed by atoms with Crippen LogP contribution in [0.4, 0.5) is 18.0 Å². The van der Waals surface area contributed by atoms with Crippen molar-refractivity contribution in [3.63, 3.8) is 0 Å². The molecule has 24 heavy (non-hydrogen) atoms. The van der Waals surface area contributed by atoms with Gasteiger partial charge in [0.1, 0.15) is 5.69 Å². The van der Waals surface area contributed by atoms with Crippen molar-refractivity contribution in [3.8, 4) is 0 Å². The van der Waals surface area contributed by atoms with E-state index in [1.807, 2.05) is 0 Å². The number of likely N-dealkylation sites (tertiary alicyclic amines) is 1. The number of hydrogen-bond donors (Lipinski definition) is 1. The normalized spacial score (nSPS) is 21.4. The number of amides is 4. The number of carbonyl (C=O) groups excluding carboxylic acids is 3. The molecule has 2 fully saturated rings. The second kappa shape index (κ2) is 5.77. The van der Waals surface area contributed by atoms with Gasteiger partial charge in [0.05, 0.1) is 18.2 Å². The van der Waals surface area contributed by atoms with E-state index in [1.54, 1.807) is 0 Å². The van der Waals surface area contributed by atoms with Crippen molar-refractivity contribution < 1.29 is 27.6 Å². The maximum absolute atomic E-state index is 12.5. The van der Waals surface area contributed by atoms with Crippen LogP contribution in [0.1, 0.15) is 22.5 Å². The van der Waals surface area contributed by atoms with E-state index in [2.05, 4.69) is 10.3 Å². The fourth-order valence-electron chi connectivity index (χ4n) is 2.81. The molecule has 1 atom stereocenters. The van der Waals surface area contributed by atoms with Gasteiger partial charge in [-0.15, -0.1) is 0 Å². The molecule has 128 valence electrons. The Labute approximate surface area is 134 Å². The summed E-state index contributed by atoms with van der Waals surface area (Å²) in [6.07, 6.45) is -3.26. The summed E-state index contributed by atoms with van der Waals surface area (Å²) in [5.41, 5.74) is -1.04. The minimum Gasteiger partial charge on any atom is -0.336 e. The number of nitrogens with zero attached hydrogens (tertiary/aromatic N) is 3. The highest BCUT2D eigenvalue weighted by molar-refractivity contribution is 6.02. The van der Waals surface area contributed by atoms with Crippen molar-refractivity contribution in [1.82, 2.24) is 20.1 Å². The van der Waals surface area contributed by atoms with Crippen LogP contribution in [0.5, 0.6) is 0 Å². The van der Waals surface area contributed by atoms with E-state index in [9.17, 15) is 27.6 Å². The summed E-state index contributed by atoms with van der Waals surface area (Å²) in [5, 5.41) is 2.41. The van der Waals surface area contributed by atoms with Crippen LogP contribution in [0.25, 0.3) is 0 Å². The SMILES string of the molecule is O=C(c1ccc(C(F)(F)F)nc1)N1CC[C@H](N2C(=O)CNC2=O)C1. The Morgan fingerprint density at radius 2 is 2.04 bits per heavy atom. The number of imide groups is 1. The first-order valence-electron chi connectivity index (χ1n) is 7.20. The molecular weight excluding hydrogens is 329 g/mol. The van der Waals surface area contributed by atoms with E-state index in [-0.39, 0.29) is 24.6 Å². The lowest BCUT2D eigenvalue weighted by molar-refractivity contribution is -0.141. The zero-order valence-corrected chi connectivity index (χ0v) is 12.3. The number of aromatic nitrogens is 1. The molecule has 2 aliphatic rings. The van der Waals surface area contributed by atoms with E-state index < -0.39 is 29.9 Å². The Bertz CT molecular complexity index is 674.